The van der Waals surface area contributed by atoms with Crippen LogP contribution in [-0.4, -0.2) is 24.5 Å². The highest BCUT2D eigenvalue weighted by Gasteiger charge is 2.35. The summed E-state index contributed by atoms with van der Waals surface area (Å²) in [6.07, 6.45) is -4.15. The standard InChI is InChI=1S/C17H11F5N2O2S/c1-27(25,26)16-12(18)7-11(8-13(16)19)24-14(10-5-3-2-4-6-10)9-15(23-24)17(20,21)22/h2-9H,1H3. The summed E-state index contributed by atoms with van der Waals surface area (Å²) >= 11 is 0. The fraction of sp³-hybridized carbons (Fsp3) is 0.118. The maximum atomic E-state index is 14.2. The molecule has 2 aromatic carbocycles. The molecule has 0 aliphatic carbocycles. The molecule has 0 amide bonds. The molecule has 0 saturated carbocycles. The van der Waals surface area contributed by atoms with Crippen molar-refractivity contribution in [3.8, 4) is 16.9 Å². The molecule has 4 nitrogen and oxygen atoms in total. The average molecular weight is 402 g/mol. The smallest absolute Gasteiger partial charge is 0.232 e. The van der Waals surface area contributed by atoms with Crippen LogP contribution in [0, 0.1) is 11.6 Å². The van der Waals surface area contributed by atoms with Gasteiger partial charge < -0.3 is 0 Å². The highest BCUT2D eigenvalue weighted by molar-refractivity contribution is 7.90. The van der Waals surface area contributed by atoms with Crippen molar-refractivity contribution < 1.29 is 30.4 Å². The quantitative estimate of drug-likeness (QED) is 0.616. The zero-order valence-electron chi connectivity index (χ0n) is 13.6. The summed E-state index contributed by atoms with van der Waals surface area (Å²) in [6, 6.07) is 9.81. The summed E-state index contributed by atoms with van der Waals surface area (Å²) in [5.74, 6) is -2.84. The van der Waals surface area contributed by atoms with Crippen LogP contribution in [0.5, 0.6) is 0 Å². The Bertz CT molecular complexity index is 1080. The molecule has 0 aliphatic rings. The third kappa shape index (κ3) is 3.70. The number of nitrogens with zero attached hydrogens (tertiary/aromatic N) is 2. The second-order valence-corrected chi connectivity index (χ2v) is 7.65. The van der Waals surface area contributed by atoms with Gasteiger partial charge in [0.05, 0.1) is 11.4 Å². The fourth-order valence-electron chi connectivity index (χ4n) is 2.55. The van der Waals surface area contributed by atoms with Crippen molar-refractivity contribution in [2.24, 2.45) is 0 Å². The van der Waals surface area contributed by atoms with Gasteiger partial charge in [-0.05, 0) is 6.07 Å². The molecule has 0 atom stereocenters. The Balaban J connectivity index is 2.27. The van der Waals surface area contributed by atoms with Gasteiger partial charge in [0.25, 0.3) is 0 Å². The van der Waals surface area contributed by atoms with Gasteiger partial charge in [-0.2, -0.15) is 18.3 Å². The highest BCUT2D eigenvalue weighted by atomic mass is 32.2. The molecular formula is C17H11F5N2O2S. The molecule has 142 valence electrons. The number of sulfone groups is 1. The van der Waals surface area contributed by atoms with Crippen LogP contribution < -0.4 is 0 Å². The molecule has 0 aliphatic heterocycles. The molecular weight excluding hydrogens is 391 g/mol. The topological polar surface area (TPSA) is 52.0 Å². The summed E-state index contributed by atoms with van der Waals surface area (Å²) < 4.78 is 91.3. The summed E-state index contributed by atoms with van der Waals surface area (Å²) in [5.41, 5.74) is -1.37. The molecule has 0 spiro atoms. The summed E-state index contributed by atoms with van der Waals surface area (Å²) in [7, 11) is -4.20. The first-order valence-corrected chi connectivity index (χ1v) is 9.30. The van der Waals surface area contributed by atoms with Crippen LogP contribution in [0.1, 0.15) is 5.69 Å². The summed E-state index contributed by atoms with van der Waals surface area (Å²) in [6.45, 7) is 0. The number of hydrogen-bond acceptors (Lipinski definition) is 3. The van der Waals surface area contributed by atoms with Crippen molar-refractivity contribution in [2.45, 2.75) is 11.1 Å². The average Bonchev–Trinajstić information content (AvgIpc) is 2.99. The molecule has 3 rings (SSSR count). The lowest BCUT2D eigenvalue weighted by Crippen LogP contribution is -2.09. The third-order valence-corrected chi connectivity index (χ3v) is 4.80. The number of alkyl halides is 3. The highest BCUT2D eigenvalue weighted by Crippen LogP contribution is 2.34. The number of aromatic nitrogens is 2. The molecule has 0 N–H and O–H groups in total. The third-order valence-electron chi connectivity index (χ3n) is 3.67. The fourth-order valence-corrected chi connectivity index (χ4v) is 3.38. The molecule has 1 aromatic heterocycles. The number of benzene rings is 2. The molecule has 3 aromatic rings. The van der Waals surface area contributed by atoms with E-state index in [-0.39, 0.29) is 11.4 Å². The van der Waals surface area contributed by atoms with Gasteiger partial charge in [-0.1, -0.05) is 30.3 Å². The van der Waals surface area contributed by atoms with Crippen LogP contribution in [0.3, 0.4) is 0 Å². The molecule has 0 fully saturated rings. The van der Waals surface area contributed by atoms with E-state index < -0.39 is 38.2 Å². The SMILES string of the molecule is CS(=O)(=O)c1c(F)cc(-n2nc(C(F)(F)F)cc2-c2ccccc2)cc1F. The van der Waals surface area contributed by atoms with Gasteiger partial charge in [-0.15, -0.1) is 0 Å². The zero-order chi connectivity index (χ0) is 20.0. The van der Waals surface area contributed by atoms with E-state index in [1.54, 1.807) is 18.2 Å². The van der Waals surface area contributed by atoms with Crippen LogP contribution in [0.2, 0.25) is 0 Å². The first kappa shape index (κ1) is 19.0. The minimum Gasteiger partial charge on any atom is -0.232 e. The first-order valence-electron chi connectivity index (χ1n) is 7.40. The second kappa shape index (κ2) is 6.45. The van der Waals surface area contributed by atoms with Crippen LogP contribution in [0.15, 0.2) is 53.4 Å². The van der Waals surface area contributed by atoms with E-state index in [4.69, 9.17) is 0 Å². The van der Waals surface area contributed by atoms with Crippen molar-refractivity contribution in [3.05, 3.63) is 65.9 Å². The number of hydrogen-bond donors (Lipinski definition) is 0. The molecule has 0 radical (unpaired) electrons. The molecule has 0 bridgehead atoms. The summed E-state index contributed by atoms with van der Waals surface area (Å²) in [5, 5.41) is 3.41. The Morgan fingerprint density at radius 1 is 0.963 bits per heavy atom. The van der Waals surface area contributed by atoms with Crippen LogP contribution in [0.4, 0.5) is 22.0 Å². The molecule has 0 saturated heterocycles. The van der Waals surface area contributed by atoms with Crippen LogP contribution >= 0.6 is 0 Å². The first-order chi connectivity index (χ1) is 12.5. The molecule has 10 heteroatoms. The van der Waals surface area contributed by atoms with Crippen LogP contribution in [-0.2, 0) is 16.0 Å². The second-order valence-electron chi connectivity index (χ2n) is 5.70. The predicted octanol–water partition coefficient (Wildman–Crippen LogP) is 4.24. The monoisotopic (exact) mass is 402 g/mol. The predicted molar refractivity (Wildman–Crippen MR) is 87.0 cm³/mol. The minimum absolute atomic E-state index is 0.0613. The lowest BCUT2D eigenvalue weighted by atomic mass is 10.1. The van der Waals surface area contributed by atoms with Gasteiger partial charge >= 0.3 is 6.18 Å². The van der Waals surface area contributed by atoms with E-state index in [2.05, 4.69) is 5.10 Å². The van der Waals surface area contributed by atoms with Crippen molar-refractivity contribution in [1.29, 1.82) is 0 Å². The van der Waals surface area contributed by atoms with Crippen LogP contribution in [0.25, 0.3) is 16.9 Å². The normalized spacial score (nSPS) is 12.4. The maximum Gasteiger partial charge on any atom is 0.435 e. The van der Waals surface area contributed by atoms with Crippen molar-refractivity contribution >= 4 is 9.84 Å². The number of rotatable bonds is 3. The van der Waals surface area contributed by atoms with E-state index in [1.807, 2.05) is 0 Å². The van der Waals surface area contributed by atoms with Gasteiger partial charge in [0.2, 0.25) is 0 Å². The molecule has 0 unspecified atom stereocenters. The Hall–Kier alpha value is -2.75. The van der Waals surface area contributed by atoms with E-state index in [1.165, 1.54) is 12.1 Å². The largest absolute Gasteiger partial charge is 0.435 e. The van der Waals surface area contributed by atoms with Gasteiger partial charge in [0.1, 0.15) is 16.5 Å². The van der Waals surface area contributed by atoms with Gasteiger partial charge in [-0.3, -0.25) is 0 Å². The lowest BCUT2D eigenvalue weighted by molar-refractivity contribution is -0.141. The minimum atomic E-state index is -4.78. The summed E-state index contributed by atoms with van der Waals surface area (Å²) in [4.78, 5) is -1.16. The lowest BCUT2D eigenvalue weighted by Gasteiger charge is -2.10. The zero-order valence-corrected chi connectivity index (χ0v) is 14.4. The Morgan fingerprint density at radius 3 is 2.00 bits per heavy atom. The van der Waals surface area contributed by atoms with Crippen molar-refractivity contribution in [1.82, 2.24) is 9.78 Å². The van der Waals surface area contributed by atoms with Gasteiger partial charge in [0.15, 0.2) is 15.5 Å². The van der Waals surface area contributed by atoms with Gasteiger partial charge in [0, 0.05) is 24.0 Å². The number of halogens is 5. The Kier molecular flexibility index (Phi) is 4.54. The van der Waals surface area contributed by atoms with Crippen molar-refractivity contribution in [3.63, 3.8) is 0 Å². The van der Waals surface area contributed by atoms with Gasteiger partial charge in [-0.25, -0.2) is 21.9 Å². The van der Waals surface area contributed by atoms with E-state index in [0.29, 0.717) is 24.0 Å². The van der Waals surface area contributed by atoms with Crippen molar-refractivity contribution in [2.75, 3.05) is 6.26 Å². The Morgan fingerprint density at radius 2 is 1.52 bits per heavy atom. The molecule has 1 heterocycles. The Labute approximate surface area is 150 Å². The van der Waals surface area contributed by atoms with E-state index in [9.17, 15) is 30.4 Å². The maximum absolute atomic E-state index is 14.2. The van der Waals surface area contributed by atoms with E-state index in [0.717, 1.165) is 10.7 Å². The molecule has 27 heavy (non-hydrogen) atoms. The van der Waals surface area contributed by atoms with E-state index >= 15 is 0 Å².